The smallest absolute Gasteiger partial charge is 0.335 e. The van der Waals surface area contributed by atoms with E-state index in [0.717, 1.165) is 0 Å². The minimum atomic E-state index is -0.990. The Morgan fingerprint density at radius 3 is 3.06 bits per heavy atom. The molecule has 1 aromatic carbocycles. The molecule has 0 spiro atoms. The van der Waals surface area contributed by atoms with Crippen LogP contribution in [0.1, 0.15) is 17.3 Å². The molecule has 0 amide bonds. The molecule has 0 saturated heterocycles. The van der Waals surface area contributed by atoms with Crippen molar-refractivity contribution in [2.45, 2.75) is 13.0 Å². The largest absolute Gasteiger partial charge is 0.478 e. The standard InChI is InChI=1S/C12H14N2O4/c1-7(6-17-2)13-12-14-9-4-3-8(11(15)16)5-10(9)18-12/h3-5,7H,6H2,1-2H3,(H,13,14)(H,15,16). The third-order valence-corrected chi connectivity index (χ3v) is 2.42. The lowest BCUT2D eigenvalue weighted by molar-refractivity contribution is 0.0697. The lowest BCUT2D eigenvalue weighted by Crippen LogP contribution is -2.20. The minimum absolute atomic E-state index is 0.0574. The lowest BCUT2D eigenvalue weighted by atomic mass is 10.2. The van der Waals surface area contributed by atoms with Gasteiger partial charge in [-0.3, -0.25) is 0 Å². The molecule has 0 radical (unpaired) electrons. The zero-order valence-corrected chi connectivity index (χ0v) is 10.1. The highest BCUT2D eigenvalue weighted by atomic mass is 16.5. The average molecular weight is 250 g/mol. The Bertz CT molecular complexity index is 564. The number of nitrogens with one attached hydrogen (secondary N) is 1. The van der Waals surface area contributed by atoms with E-state index in [1.54, 1.807) is 13.2 Å². The summed E-state index contributed by atoms with van der Waals surface area (Å²) in [5, 5.41) is 11.9. The number of aromatic carboxylic acids is 1. The minimum Gasteiger partial charge on any atom is -0.478 e. The van der Waals surface area contributed by atoms with Crippen molar-refractivity contribution in [1.82, 2.24) is 4.98 Å². The van der Waals surface area contributed by atoms with E-state index in [9.17, 15) is 4.79 Å². The Kier molecular flexibility index (Phi) is 3.47. The van der Waals surface area contributed by atoms with Crippen molar-refractivity contribution in [3.8, 4) is 0 Å². The Hall–Kier alpha value is -2.08. The number of rotatable bonds is 5. The van der Waals surface area contributed by atoms with Crippen molar-refractivity contribution in [2.24, 2.45) is 0 Å². The van der Waals surface area contributed by atoms with Gasteiger partial charge in [0.2, 0.25) is 0 Å². The van der Waals surface area contributed by atoms with Gasteiger partial charge in [0, 0.05) is 7.11 Å². The van der Waals surface area contributed by atoms with Gasteiger partial charge in [0.15, 0.2) is 5.58 Å². The van der Waals surface area contributed by atoms with Gasteiger partial charge in [-0.2, -0.15) is 4.98 Å². The molecule has 0 aliphatic rings. The van der Waals surface area contributed by atoms with E-state index >= 15 is 0 Å². The third kappa shape index (κ3) is 2.60. The first-order valence-corrected chi connectivity index (χ1v) is 5.49. The second-order valence-electron chi connectivity index (χ2n) is 4.01. The lowest BCUT2D eigenvalue weighted by Gasteiger charge is -2.09. The monoisotopic (exact) mass is 250 g/mol. The topological polar surface area (TPSA) is 84.6 Å². The first-order chi connectivity index (χ1) is 8.60. The molecule has 1 unspecified atom stereocenters. The molecule has 6 nitrogen and oxygen atoms in total. The maximum atomic E-state index is 10.8. The number of oxazole rings is 1. The number of nitrogens with zero attached hydrogens (tertiary/aromatic N) is 1. The molecule has 0 bridgehead atoms. The van der Waals surface area contributed by atoms with Crippen molar-refractivity contribution in [3.63, 3.8) is 0 Å². The molecule has 2 aromatic rings. The number of anilines is 1. The van der Waals surface area contributed by atoms with Crippen LogP contribution in [0, 0.1) is 0 Å². The van der Waals surface area contributed by atoms with Crippen molar-refractivity contribution in [3.05, 3.63) is 23.8 Å². The fourth-order valence-electron chi connectivity index (χ4n) is 1.62. The van der Waals surface area contributed by atoms with Gasteiger partial charge in [0.05, 0.1) is 18.2 Å². The SMILES string of the molecule is COCC(C)Nc1nc2ccc(C(=O)O)cc2o1. The number of hydrogen-bond donors (Lipinski definition) is 2. The van der Waals surface area contributed by atoms with Crippen LogP contribution in [0.3, 0.4) is 0 Å². The van der Waals surface area contributed by atoms with Gasteiger partial charge in [0.25, 0.3) is 6.01 Å². The molecule has 0 aliphatic carbocycles. The maximum absolute atomic E-state index is 10.8. The van der Waals surface area contributed by atoms with Crippen molar-refractivity contribution in [1.29, 1.82) is 0 Å². The first-order valence-electron chi connectivity index (χ1n) is 5.49. The van der Waals surface area contributed by atoms with Crippen LogP contribution in [0.4, 0.5) is 6.01 Å². The van der Waals surface area contributed by atoms with Gasteiger partial charge in [0.1, 0.15) is 5.52 Å². The molecule has 1 atom stereocenters. The van der Waals surface area contributed by atoms with Gasteiger partial charge in [-0.25, -0.2) is 4.79 Å². The highest BCUT2D eigenvalue weighted by Crippen LogP contribution is 2.20. The number of carboxylic acid groups (broad SMARTS) is 1. The van der Waals surface area contributed by atoms with Gasteiger partial charge < -0.3 is 19.6 Å². The molecular weight excluding hydrogens is 236 g/mol. The molecule has 6 heteroatoms. The molecule has 2 rings (SSSR count). The van der Waals surface area contributed by atoms with E-state index in [-0.39, 0.29) is 11.6 Å². The molecule has 96 valence electrons. The summed E-state index contributed by atoms with van der Waals surface area (Å²) in [5.41, 5.74) is 1.24. The van der Waals surface area contributed by atoms with Crippen LogP contribution in [0.25, 0.3) is 11.1 Å². The van der Waals surface area contributed by atoms with Crippen molar-refractivity contribution < 1.29 is 19.1 Å². The van der Waals surface area contributed by atoms with Crippen LogP contribution in [0.5, 0.6) is 0 Å². The van der Waals surface area contributed by atoms with Gasteiger partial charge in [-0.15, -0.1) is 0 Å². The van der Waals surface area contributed by atoms with Crippen LogP contribution in [-0.2, 0) is 4.74 Å². The number of ether oxygens (including phenoxy) is 1. The Balaban J connectivity index is 2.24. The van der Waals surface area contributed by atoms with E-state index < -0.39 is 5.97 Å². The predicted molar refractivity (Wildman–Crippen MR) is 65.9 cm³/mol. The van der Waals surface area contributed by atoms with E-state index in [2.05, 4.69) is 10.3 Å². The predicted octanol–water partition coefficient (Wildman–Crippen LogP) is 1.97. The second-order valence-corrected chi connectivity index (χ2v) is 4.01. The third-order valence-electron chi connectivity index (χ3n) is 2.42. The number of benzene rings is 1. The van der Waals surface area contributed by atoms with Gasteiger partial charge in [-0.05, 0) is 25.1 Å². The van der Waals surface area contributed by atoms with E-state index in [4.69, 9.17) is 14.3 Å². The molecule has 0 aliphatic heterocycles. The molecule has 18 heavy (non-hydrogen) atoms. The molecular formula is C12H14N2O4. The molecule has 0 saturated carbocycles. The van der Waals surface area contributed by atoms with Crippen molar-refractivity contribution in [2.75, 3.05) is 19.0 Å². The number of carbonyl (C=O) groups is 1. The van der Waals surface area contributed by atoms with Crippen LogP contribution in [-0.4, -0.2) is 35.8 Å². The zero-order valence-electron chi connectivity index (χ0n) is 10.1. The Morgan fingerprint density at radius 2 is 2.39 bits per heavy atom. The molecule has 1 aromatic heterocycles. The summed E-state index contributed by atoms with van der Waals surface area (Å²) < 4.78 is 10.4. The molecule has 1 heterocycles. The number of hydrogen-bond acceptors (Lipinski definition) is 5. The van der Waals surface area contributed by atoms with Gasteiger partial charge in [-0.1, -0.05) is 0 Å². The fourth-order valence-corrected chi connectivity index (χ4v) is 1.62. The number of aromatic nitrogens is 1. The zero-order chi connectivity index (χ0) is 13.1. The summed E-state index contributed by atoms with van der Waals surface area (Å²) in [6.45, 7) is 2.46. The Morgan fingerprint density at radius 1 is 1.61 bits per heavy atom. The summed E-state index contributed by atoms with van der Waals surface area (Å²) in [6.07, 6.45) is 0. The normalized spacial score (nSPS) is 12.6. The van der Waals surface area contributed by atoms with Crippen LogP contribution in [0.2, 0.25) is 0 Å². The highest BCUT2D eigenvalue weighted by molar-refractivity contribution is 5.92. The summed E-state index contributed by atoms with van der Waals surface area (Å²) >= 11 is 0. The highest BCUT2D eigenvalue weighted by Gasteiger charge is 2.11. The molecule has 2 N–H and O–H groups in total. The number of fused-ring (bicyclic) bond motifs is 1. The van der Waals surface area contributed by atoms with E-state index in [1.807, 2.05) is 6.92 Å². The summed E-state index contributed by atoms with van der Waals surface area (Å²) in [6, 6.07) is 4.99. The van der Waals surface area contributed by atoms with Gasteiger partial charge >= 0.3 is 5.97 Å². The summed E-state index contributed by atoms with van der Waals surface area (Å²) in [4.78, 5) is 15.0. The number of carboxylic acids is 1. The quantitative estimate of drug-likeness (QED) is 0.844. The van der Waals surface area contributed by atoms with Crippen LogP contribution >= 0.6 is 0 Å². The van der Waals surface area contributed by atoms with E-state index in [1.165, 1.54) is 12.1 Å². The van der Waals surface area contributed by atoms with Crippen molar-refractivity contribution >= 4 is 23.1 Å². The first kappa shape index (κ1) is 12.4. The molecule has 0 fully saturated rings. The maximum Gasteiger partial charge on any atom is 0.335 e. The number of methoxy groups -OCH3 is 1. The fraction of sp³-hybridized carbons (Fsp3) is 0.333. The van der Waals surface area contributed by atoms with Crippen LogP contribution < -0.4 is 5.32 Å². The van der Waals surface area contributed by atoms with Crippen LogP contribution in [0.15, 0.2) is 22.6 Å². The summed E-state index contributed by atoms with van der Waals surface area (Å²) in [5.74, 6) is -0.990. The summed E-state index contributed by atoms with van der Waals surface area (Å²) in [7, 11) is 1.61. The average Bonchev–Trinajstić information content (AvgIpc) is 2.69. The second kappa shape index (κ2) is 5.05. The Labute approximate surface area is 104 Å². The van der Waals surface area contributed by atoms with E-state index in [0.29, 0.717) is 23.7 Å².